The quantitative estimate of drug-likeness (QED) is 0.418. The van der Waals surface area contributed by atoms with Gasteiger partial charge in [0, 0.05) is 17.2 Å². The summed E-state index contributed by atoms with van der Waals surface area (Å²) in [5, 5.41) is 2.72. The first kappa shape index (κ1) is 17.8. The average molecular weight is 404 g/mol. The number of hydrogen-bond acceptors (Lipinski definition) is 6. The van der Waals surface area contributed by atoms with Crippen LogP contribution in [0.5, 0.6) is 0 Å². The lowest BCUT2D eigenvalue weighted by atomic mass is 10.1. The number of nitrogens with one attached hydrogen (secondary N) is 1. The summed E-state index contributed by atoms with van der Waals surface area (Å²) in [6.45, 7) is 2.04. The van der Waals surface area contributed by atoms with E-state index in [2.05, 4.69) is 19.9 Å². The summed E-state index contributed by atoms with van der Waals surface area (Å²) in [6.07, 6.45) is 4.82. The fraction of sp³-hybridized carbons (Fsp3) is 0.143. The van der Waals surface area contributed by atoms with Gasteiger partial charge in [-0.25, -0.2) is 19.3 Å². The van der Waals surface area contributed by atoms with E-state index >= 15 is 0 Å². The van der Waals surface area contributed by atoms with E-state index in [0.29, 0.717) is 17.1 Å². The maximum atomic E-state index is 14.6. The molecule has 4 aromatic rings. The van der Waals surface area contributed by atoms with Gasteiger partial charge in [0.15, 0.2) is 5.65 Å². The minimum atomic E-state index is -0.279. The molecule has 0 aliphatic carbocycles. The number of benzene rings is 2. The summed E-state index contributed by atoms with van der Waals surface area (Å²) >= 11 is 1.54. The van der Waals surface area contributed by atoms with Crippen molar-refractivity contribution in [2.75, 3.05) is 10.7 Å². The average Bonchev–Trinajstić information content (AvgIpc) is 3.22. The molecule has 144 valence electrons. The molecular formula is C21H17FN6S. The van der Waals surface area contributed by atoms with Crippen LogP contribution in [0.15, 0.2) is 65.1 Å². The Morgan fingerprint density at radius 2 is 2.00 bits per heavy atom. The summed E-state index contributed by atoms with van der Waals surface area (Å²) in [5.41, 5.74) is 3.03. The number of nitrogens with zero attached hydrogens (tertiary/aromatic N) is 5. The summed E-state index contributed by atoms with van der Waals surface area (Å²) in [4.78, 5) is 22.6. The van der Waals surface area contributed by atoms with Crippen molar-refractivity contribution in [1.82, 2.24) is 19.9 Å². The van der Waals surface area contributed by atoms with Gasteiger partial charge in [-0.1, -0.05) is 36.0 Å². The Bertz CT molecular complexity index is 1320. The fourth-order valence-corrected chi connectivity index (χ4v) is 4.37. The van der Waals surface area contributed by atoms with E-state index in [1.54, 1.807) is 30.2 Å². The van der Waals surface area contributed by atoms with E-state index in [1.165, 1.54) is 12.4 Å². The van der Waals surface area contributed by atoms with Crippen LogP contribution in [0.25, 0.3) is 17.4 Å². The smallest absolute Gasteiger partial charge is 0.181 e. The number of halogens is 1. The molecule has 8 heteroatoms. The number of fused-ring (bicyclic) bond motifs is 2. The SMILES string of the molecule is Cc1cccc2c1=CN(c1ccccc1F)C(CSc1ncnc3nc[nH]c13)N=2. The van der Waals surface area contributed by atoms with Crippen LogP contribution in [0.3, 0.4) is 0 Å². The molecule has 0 saturated carbocycles. The molecule has 1 atom stereocenters. The lowest BCUT2D eigenvalue weighted by molar-refractivity contribution is 0.616. The third-order valence-corrected chi connectivity index (χ3v) is 5.91. The van der Waals surface area contributed by atoms with Crippen molar-refractivity contribution in [1.29, 1.82) is 0 Å². The standard InChI is InChI=1S/C21H17FN6S/c1-13-5-4-7-16-14(13)9-28(17-8-3-2-6-15(17)22)18(27-16)10-29-21-19-20(24-11-23-19)25-12-26-21/h2-9,11-12,18H,10H2,1H3,(H,23,24,25,26). The zero-order valence-electron chi connectivity index (χ0n) is 15.6. The zero-order chi connectivity index (χ0) is 19.8. The molecule has 0 spiro atoms. The molecule has 1 unspecified atom stereocenters. The van der Waals surface area contributed by atoms with Crippen molar-refractivity contribution in [3.8, 4) is 0 Å². The van der Waals surface area contributed by atoms with Crippen molar-refractivity contribution in [3.63, 3.8) is 0 Å². The van der Waals surface area contributed by atoms with Gasteiger partial charge in [0.25, 0.3) is 0 Å². The van der Waals surface area contributed by atoms with Gasteiger partial charge in [-0.05, 0) is 30.7 Å². The van der Waals surface area contributed by atoms with E-state index in [4.69, 9.17) is 4.99 Å². The molecule has 0 radical (unpaired) electrons. The Morgan fingerprint density at radius 3 is 2.90 bits per heavy atom. The van der Waals surface area contributed by atoms with Crippen molar-refractivity contribution in [3.05, 3.63) is 77.1 Å². The van der Waals surface area contributed by atoms with Crippen LogP contribution in [0, 0.1) is 12.7 Å². The number of para-hydroxylation sites is 1. The number of hydrogen-bond donors (Lipinski definition) is 1. The highest BCUT2D eigenvalue weighted by Crippen LogP contribution is 2.28. The Kier molecular flexibility index (Phi) is 4.48. The maximum Gasteiger partial charge on any atom is 0.181 e. The third kappa shape index (κ3) is 3.25. The summed E-state index contributed by atoms with van der Waals surface area (Å²) in [6, 6.07) is 12.8. The predicted octanol–water partition coefficient (Wildman–Crippen LogP) is 2.80. The molecule has 29 heavy (non-hydrogen) atoms. The fourth-order valence-electron chi connectivity index (χ4n) is 3.41. The molecule has 2 aromatic carbocycles. The van der Waals surface area contributed by atoms with Gasteiger partial charge in [-0.15, -0.1) is 0 Å². The van der Waals surface area contributed by atoms with Gasteiger partial charge in [0.05, 0.1) is 17.4 Å². The molecule has 6 nitrogen and oxygen atoms in total. The van der Waals surface area contributed by atoms with Gasteiger partial charge in [0.2, 0.25) is 0 Å². The lowest BCUT2D eigenvalue weighted by Crippen LogP contribution is -2.44. The van der Waals surface area contributed by atoms with Crippen LogP contribution in [0.1, 0.15) is 5.56 Å². The molecule has 5 rings (SSSR count). The molecule has 0 saturated heterocycles. The second kappa shape index (κ2) is 7.29. The molecule has 3 heterocycles. The number of H-pyrrole nitrogens is 1. The first-order chi connectivity index (χ1) is 14.2. The minimum absolute atomic E-state index is 0.274. The Hall–Kier alpha value is -3.26. The number of anilines is 1. The maximum absolute atomic E-state index is 14.6. The molecule has 1 aliphatic heterocycles. The van der Waals surface area contributed by atoms with Crippen molar-refractivity contribution < 1.29 is 4.39 Å². The summed E-state index contributed by atoms with van der Waals surface area (Å²) in [5.74, 6) is 0.313. The van der Waals surface area contributed by atoms with Crippen LogP contribution >= 0.6 is 11.8 Å². The van der Waals surface area contributed by atoms with Crippen LogP contribution < -0.4 is 15.5 Å². The van der Waals surface area contributed by atoms with Gasteiger partial charge in [-0.3, -0.25) is 4.99 Å². The molecular weight excluding hydrogens is 387 g/mol. The first-order valence-electron chi connectivity index (χ1n) is 9.16. The van der Waals surface area contributed by atoms with E-state index in [0.717, 1.165) is 26.7 Å². The normalized spacial score (nSPS) is 15.7. The monoisotopic (exact) mass is 404 g/mol. The van der Waals surface area contributed by atoms with E-state index in [1.807, 2.05) is 42.3 Å². The minimum Gasteiger partial charge on any atom is -0.341 e. The first-order valence-corrected chi connectivity index (χ1v) is 10.1. The van der Waals surface area contributed by atoms with Gasteiger partial charge in [0.1, 0.15) is 28.9 Å². The Balaban J connectivity index is 1.55. The zero-order valence-corrected chi connectivity index (χ0v) is 16.4. The number of aromatic amines is 1. The van der Waals surface area contributed by atoms with Gasteiger partial charge < -0.3 is 9.88 Å². The van der Waals surface area contributed by atoms with Crippen molar-refractivity contribution in [2.24, 2.45) is 4.99 Å². The third-order valence-electron chi connectivity index (χ3n) is 4.87. The lowest BCUT2D eigenvalue weighted by Gasteiger charge is -2.30. The summed E-state index contributed by atoms with van der Waals surface area (Å²) in [7, 11) is 0. The molecule has 0 bridgehead atoms. The van der Waals surface area contributed by atoms with E-state index in [9.17, 15) is 4.39 Å². The number of aromatic nitrogens is 4. The second-order valence-corrected chi connectivity index (χ2v) is 7.70. The van der Waals surface area contributed by atoms with E-state index < -0.39 is 0 Å². The predicted molar refractivity (Wildman–Crippen MR) is 111 cm³/mol. The van der Waals surface area contributed by atoms with Crippen LogP contribution in [0.4, 0.5) is 10.1 Å². The number of thioether (sulfide) groups is 1. The van der Waals surface area contributed by atoms with Gasteiger partial charge >= 0.3 is 0 Å². The highest BCUT2D eigenvalue weighted by Gasteiger charge is 2.23. The van der Waals surface area contributed by atoms with Crippen LogP contribution in [-0.4, -0.2) is 31.9 Å². The molecule has 0 amide bonds. The Morgan fingerprint density at radius 1 is 1.10 bits per heavy atom. The topological polar surface area (TPSA) is 70.1 Å². The number of aryl methyl sites for hydroxylation is 1. The largest absolute Gasteiger partial charge is 0.341 e. The second-order valence-electron chi connectivity index (χ2n) is 6.70. The van der Waals surface area contributed by atoms with Crippen molar-refractivity contribution in [2.45, 2.75) is 18.1 Å². The summed E-state index contributed by atoms with van der Waals surface area (Å²) < 4.78 is 14.6. The number of imidazole rings is 1. The number of rotatable bonds is 4. The van der Waals surface area contributed by atoms with Crippen molar-refractivity contribution >= 4 is 34.8 Å². The molecule has 0 fully saturated rings. The highest BCUT2D eigenvalue weighted by atomic mass is 32.2. The van der Waals surface area contributed by atoms with E-state index in [-0.39, 0.29) is 12.0 Å². The van der Waals surface area contributed by atoms with Gasteiger partial charge in [-0.2, -0.15) is 0 Å². The van der Waals surface area contributed by atoms with Crippen LogP contribution in [0.2, 0.25) is 0 Å². The molecule has 1 N–H and O–H groups in total. The highest BCUT2D eigenvalue weighted by molar-refractivity contribution is 7.99. The molecule has 2 aromatic heterocycles. The Labute approximate surface area is 170 Å². The van der Waals surface area contributed by atoms with Crippen LogP contribution in [-0.2, 0) is 0 Å². The molecule has 1 aliphatic rings.